The number of hydrogen-bond acceptors (Lipinski definition) is 5. The van der Waals surface area contributed by atoms with Crippen LogP contribution in [0.1, 0.15) is 5.56 Å². The first-order valence-electron chi connectivity index (χ1n) is 8.85. The number of halogens is 1. The van der Waals surface area contributed by atoms with Crippen molar-refractivity contribution in [3.63, 3.8) is 0 Å². The van der Waals surface area contributed by atoms with Gasteiger partial charge < -0.3 is 9.73 Å². The van der Waals surface area contributed by atoms with E-state index in [1.807, 2.05) is 19.1 Å². The fourth-order valence-electron chi connectivity index (χ4n) is 2.80. The second-order valence-electron chi connectivity index (χ2n) is 6.44. The Kier molecular flexibility index (Phi) is 4.90. The van der Waals surface area contributed by atoms with E-state index in [9.17, 15) is 12.8 Å². The average molecular weight is 408 g/mol. The third-order valence-electron chi connectivity index (χ3n) is 4.32. The summed E-state index contributed by atoms with van der Waals surface area (Å²) < 4.78 is 46.3. The van der Waals surface area contributed by atoms with Crippen molar-refractivity contribution in [2.45, 2.75) is 16.8 Å². The van der Waals surface area contributed by atoms with Gasteiger partial charge in [-0.25, -0.2) is 12.8 Å². The van der Waals surface area contributed by atoms with Crippen molar-refractivity contribution in [1.82, 2.24) is 4.98 Å². The maximum Gasteiger partial charge on any atom is 0.238 e. The molecule has 0 radical (unpaired) electrons. The lowest BCUT2D eigenvalue weighted by molar-refractivity contribution is 0.572. The van der Waals surface area contributed by atoms with Gasteiger partial charge in [0.05, 0.1) is 10.5 Å². The fraction of sp³-hybridized carbons (Fsp3) is 0.0455. The van der Waals surface area contributed by atoms with Crippen molar-refractivity contribution < 1.29 is 17.2 Å². The summed E-state index contributed by atoms with van der Waals surface area (Å²) in [5.41, 5.74) is 1.75. The predicted octanol–water partition coefficient (Wildman–Crippen LogP) is 5.37. The van der Waals surface area contributed by atoms with Gasteiger partial charge in [0, 0.05) is 5.69 Å². The Morgan fingerprint density at radius 3 is 2.24 bits per heavy atom. The largest absolute Gasteiger partial charge is 0.419 e. The van der Waals surface area contributed by atoms with Crippen LogP contribution in [0.15, 0.2) is 93.2 Å². The zero-order chi connectivity index (χ0) is 20.4. The number of anilines is 2. The minimum absolute atomic E-state index is 0.0698. The summed E-state index contributed by atoms with van der Waals surface area (Å²) in [5.74, 6) is -0.748. The van der Waals surface area contributed by atoms with Crippen LogP contribution in [0.2, 0.25) is 0 Å². The molecule has 0 aliphatic rings. The quantitative estimate of drug-likeness (QED) is 0.481. The Bertz CT molecular complexity index is 1250. The number of rotatable bonds is 5. The summed E-state index contributed by atoms with van der Waals surface area (Å²) in [7, 11) is -3.99. The first-order chi connectivity index (χ1) is 13.9. The van der Waals surface area contributed by atoms with Crippen LogP contribution in [0.25, 0.3) is 11.5 Å². The maximum absolute atomic E-state index is 14.2. The molecule has 29 heavy (non-hydrogen) atoms. The van der Waals surface area contributed by atoms with Crippen LogP contribution >= 0.6 is 0 Å². The molecule has 7 heteroatoms. The molecule has 0 spiro atoms. The van der Waals surface area contributed by atoms with E-state index in [2.05, 4.69) is 10.3 Å². The van der Waals surface area contributed by atoms with E-state index in [1.165, 1.54) is 30.3 Å². The number of nitrogens with zero attached hydrogens (tertiary/aromatic N) is 1. The molecule has 1 aromatic heterocycles. The Labute approximate surface area is 167 Å². The minimum Gasteiger partial charge on any atom is -0.419 e. The molecule has 5 nitrogen and oxygen atoms in total. The van der Waals surface area contributed by atoms with E-state index in [1.54, 1.807) is 36.4 Å². The molecule has 0 atom stereocenters. The summed E-state index contributed by atoms with van der Waals surface area (Å²) >= 11 is 0. The summed E-state index contributed by atoms with van der Waals surface area (Å²) in [6, 6.07) is 21.2. The van der Waals surface area contributed by atoms with Crippen LogP contribution in [-0.2, 0) is 9.84 Å². The molecule has 4 aromatic rings. The van der Waals surface area contributed by atoms with Crippen LogP contribution in [0.4, 0.5) is 16.0 Å². The van der Waals surface area contributed by atoms with E-state index >= 15 is 0 Å². The van der Waals surface area contributed by atoms with E-state index in [0.29, 0.717) is 5.69 Å². The van der Waals surface area contributed by atoms with Crippen LogP contribution in [-0.4, -0.2) is 13.4 Å². The lowest BCUT2D eigenvalue weighted by atomic mass is 10.2. The highest BCUT2D eigenvalue weighted by Gasteiger charge is 2.29. The van der Waals surface area contributed by atoms with Gasteiger partial charge in [-0.05, 0) is 43.3 Å². The molecular weight excluding hydrogens is 391 g/mol. The molecule has 0 fully saturated rings. The normalized spacial score (nSPS) is 11.4. The second-order valence-corrected chi connectivity index (χ2v) is 8.31. The highest BCUT2D eigenvalue weighted by Crippen LogP contribution is 2.34. The highest BCUT2D eigenvalue weighted by atomic mass is 32.2. The van der Waals surface area contributed by atoms with E-state index in [0.717, 1.165) is 5.56 Å². The number of aryl methyl sites for hydroxylation is 1. The predicted molar refractivity (Wildman–Crippen MR) is 108 cm³/mol. The van der Waals surface area contributed by atoms with Gasteiger partial charge in [0.15, 0.2) is 0 Å². The third-order valence-corrected chi connectivity index (χ3v) is 6.00. The third kappa shape index (κ3) is 3.77. The van der Waals surface area contributed by atoms with Crippen molar-refractivity contribution in [2.24, 2.45) is 0 Å². The smallest absolute Gasteiger partial charge is 0.238 e. The Balaban J connectivity index is 1.86. The molecule has 0 saturated heterocycles. The number of oxazole rings is 1. The Hall–Kier alpha value is -3.45. The van der Waals surface area contributed by atoms with Gasteiger partial charge in [0.1, 0.15) is 5.82 Å². The zero-order valence-corrected chi connectivity index (χ0v) is 16.3. The minimum atomic E-state index is -3.99. The van der Waals surface area contributed by atoms with Crippen molar-refractivity contribution in [2.75, 3.05) is 5.32 Å². The van der Waals surface area contributed by atoms with Gasteiger partial charge in [-0.3, -0.25) is 0 Å². The molecule has 146 valence electrons. The van der Waals surface area contributed by atoms with E-state index in [4.69, 9.17) is 4.42 Å². The van der Waals surface area contributed by atoms with Crippen molar-refractivity contribution >= 4 is 21.4 Å². The number of benzene rings is 3. The van der Waals surface area contributed by atoms with Crippen LogP contribution in [0, 0.1) is 12.7 Å². The van der Waals surface area contributed by atoms with Crippen LogP contribution in [0.5, 0.6) is 0 Å². The lowest BCUT2D eigenvalue weighted by Gasteiger charge is -2.06. The summed E-state index contributed by atoms with van der Waals surface area (Å²) in [6.45, 7) is 1.94. The standard InChI is InChI=1S/C22H17FN2O3S/c1-15-11-13-16(14-12-15)24-21-22(29(26,27)17-7-3-2-4-8-17)25-20(28-21)18-9-5-6-10-19(18)23/h2-14,24H,1H3. The topological polar surface area (TPSA) is 72.2 Å². The summed E-state index contributed by atoms with van der Waals surface area (Å²) in [4.78, 5) is 4.22. The van der Waals surface area contributed by atoms with Crippen molar-refractivity contribution in [1.29, 1.82) is 0 Å². The lowest BCUT2D eigenvalue weighted by Crippen LogP contribution is -2.05. The summed E-state index contributed by atoms with van der Waals surface area (Å²) in [6.07, 6.45) is 0. The molecule has 0 bridgehead atoms. The highest BCUT2D eigenvalue weighted by molar-refractivity contribution is 7.91. The molecular formula is C22H17FN2O3S. The van der Waals surface area contributed by atoms with Crippen LogP contribution in [0.3, 0.4) is 0 Å². The SMILES string of the molecule is Cc1ccc(Nc2oc(-c3ccccc3F)nc2S(=O)(=O)c2ccccc2)cc1. The molecule has 0 saturated carbocycles. The molecule has 4 rings (SSSR count). The number of nitrogens with one attached hydrogen (secondary N) is 1. The van der Waals surface area contributed by atoms with Gasteiger partial charge in [0.25, 0.3) is 0 Å². The van der Waals surface area contributed by atoms with Crippen LogP contribution < -0.4 is 5.32 Å². The molecule has 3 aromatic carbocycles. The van der Waals surface area contributed by atoms with Crippen molar-refractivity contribution in [3.05, 3.63) is 90.2 Å². The molecule has 1 heterocycles. The first-order valence-corrected chi connectivity index (χ1v) is 10.3. The molecule has 0 aliphatic heterocycles. The van der Waals surface area contributed by atoms with Gasteiger partial charge in [-0.1, -0.05) is 48.0 Å². The molecule has 1 N–H and O–H groups in total. The summed E-state index contributed by atoms with van der Waals surface area (Å²) in [5, 5.41) is 2.65. The van der Waals surface area contributed by atoms with Gasteiger partial charge in [-0.15, -0.1) is 0 Å². The average Bonchev–Trinajstić information content (AvgIpc) is 3.15. The van der Waals surface area contributed by atoms with Crippen molar-refractivity contribution in [3.8, 4) is 11.5 Å². The fourth-order valence-corrected chi connectivity index (χ4v) is 4.07. The zero-order valence-electron chi connectivity index (χ0n) is 15.5. The molecule has 0 aliphatic carbocycles. The first kappa shape index (κ1) is 18.9. The van der Waals surface area contributed by atoms with E-state index in [-0.39, 0.29) is 27.3 Å². The monoisotopic (exact) mass is 408 g/mol. The van der Waals surface area contributed by atoms with E-state index < -0.39 is 15.7 Å². The van der Waals surface area contributed by atoms with Gasteiger partial charge in [0.2, 0.25) is 26.6 Å². The number of aromatic nitrogens is 1. The maximum atomic E-state index is 14.2. The Morgan fingerprint density at radius 2 is 1.55 bits per heavy atom. The molecule has 0 unspecified atom stereocenters. The second kappa shape index (κ2) is 7.52. The number of sulfone groups is 1. The molecule has 0 amide bonds. The van der Waals surface area contributed by atoms with Gasteiger partial charge >= 0.3 is 0 Å². The Morgan fingerprint density at radius 1 is 0.897 bits per heavy atom. The van der Waals surface area contributed by atoms with Gasteiger partial charge in [-0.2, -0.15) is 4.98 Å². The number of hydrogen-bond donors (Lipinski definition) is 1.